The Bertz CT molecular complexity index is 878. The third kappa shape index (κ3) is 2.37. The van der Waals surface area contributed by atoms with Crippen molar-refractivity contribution in [3.05, 3.63) is 40.1 Å². The predicted octanol–water partition coefficient (Wildman–Crippen LogP) is 1.92. The molecule has 0 atom stereocenters. The first kappa shape index (κ1) is 13.6. The predicted molar refractivity (Wildman–Crippen MR) is 78.6 cm³/mol. The van der Waals surface area contributed by atoms with Crippen molar-refractivity contribution in [3.63, 3.8) is 0 Å². The Hall–Kier alpha value is -2.37. The maximum absolute atomic E-state index is 12.4. The smallest absolute Gasteiger partial charge is 0.264 e. The first-order chi connectivity index (χ1) is 10.0. The molecule has 0 saturated heterocycles. The Balaban J connectivity index is 2.01. The van der Waals surface area contributed by atoms with Crippen LogP contribution < -0.4 is 10.0 Å². The summed E-state index contributed by atoms with van der Waals surface area (Å²) in [5.41, 5.74) is 1.51. The van der Waals surface area contributed by atoms with Gasteiger partial charge in [-0.25, -0.2) is 8.42 Å². The molecule has 1 amide bonds. The van der Waals surface area contributed by atoms with Crippen LogP contribution in [0.25, 0.3) is 0 Å². The number of amides is 1. The molecule has 8 heteroatoms. The van der Waals surface area contributed by atoms with E-state index in [1.54, 1.807) is 23.6 Å². The van der Waals surface area contributed by atoms with Gasteiger partial charge < -0.3 is 5.32 Å². The molecule has 0 spiro atoms. The second-order valence-electron chi connectivity index (χ2n) is 4.40. The van der Waals surface area contributed by atoms with Crippen LogP contribution in [0.3, 0.4) is 0 Å². The van der Waals surface area contributed by atoms with Gasteiger partial charge in [0, 0.05) is 0 Å². The SMILES string of the molecule is N#Cc1sccc1S(=O)(=O)Nc1cccc2c1NC(=O)C2. The van der Waals surface area contributed by atoms with Gasteiger partial charge in [0.15, 0.2) is 0 Å². The van der Waals surface area contributed by atoms with E-state index in [9.17, 15) is 13.2 Å². The number of carbonyl (C=O) groups excluding carboxylic acids is 1. The highest BCUT2D eigenvalue weighted by atomic mass is 32.2. The third-order valence-electron chi connectivity index (χ3n) is 3.03. The molecule has 6 nitrogen and oxygen atoms in total. The lowest BCUT2D eigenvalue weighted by Crippen LogP contribution is -2.14. The van der Waals surface area contributed by atoms with Crippen LogP contribution in [0.4, 0.5) is 11.4 Å². The van der Waals surface area contributed by atoms with E-state index in [2.05, 4.69) is 10.0 Å². The maximum atomic E-state index is 12.4. The number of sulfonamides is 1. The molecule has 2 aromatic rings. The lowest BCUT2D eigenvalue weighted by Gasteiger charge is -2.11. The van der Waals surface area contributed by atoms with E-state index in [0.717, 1.165) is 16.9 Å². The van der Waals surface area contributed by atoms with E-state index in [0.29, 0.717) is 11.4 Å². The highest BCUT2D eigenvalue weighted by molar-refractivity contribution is 7.93. The van der Waals surface area contributed by atoms with Gasteiger partial charge in [-0.1, -0.05) is 12.1 Å². The van der Waals surface area contributed by atoms with Crippen molar-refractivity contribution in [3.8, 4) is 6.07 Å². The van der Waals surface area contributed by atoms with E-state index >= 15 is 0 Å². The number of nitrogens with one attached hydrogen (secondary N) is 2. The average Bonchev–Trinajstić information content (AvgIpc) is 3.04. The van der Waals surface area contributed by atoms with Gasteiger partial charge in [-0.05, 0) is 23.1 Å². The highest BCUT2D eigenvalue weighted by Gasteiger charge is 2.25. The number of thiophene rings is 1. The number of hydrogen-bond acceptors (Lipinski definition) is 5. The summed E-state index contributed by atoms with van der Waals surface area (Å²) in [4.78, 5) is 11.5. The minimum absolute atomic E-state index is 0.0584. The van der Waals surface area contributed by atoms with Gasteiger partial charge in [0.2, 0.25) is 5.91 Å². The number of hydrogen-bond donors (Lipinski definition) is 2. The van der Waals surface area contributed by atoms with Crippen molar-refractivity contribution in [2.24, 2.45) is 0 Å². The standard InChI is InChI=1S/C13H9N3O3S2/c14-7-10-11(4-5-20-10)21(18,19)16-9-3-1-2-8-6-12(17)15-13(8)9/h1-5,16H,6H2,(H,15,17). The van der Waals surface area contributed by atoms with Crippen molar-refractivity contribution in [2.45, 2.75) is 11.3 Å². The van der Waals surface area contributed by atoms with Gasteiger partial charge in [0.1, 0.15) is 15.8 Å². The molecule has 2 heterocycles. The number of fused-ring (bicyclic) bond motifs is 1. The Morgan fingerprint density at radius 2 is 2.14 bits per heavy atom. The van der Waals surface area contributed by atoms with Gasteiger partial charge >= 0.3 is 0 Å². The van der Waals surface area contributed by atoms with Gasteiger partial charge in [-0.2, -0.15) is 5.26 Å². The second kappa shape index (κ2) is 4.87. The van der Waals surface area contributed by atoms with Crippen LogP contribution in [0.1, 0.15) is 10.4 Å². The molecule has 1 aliphatic heterocycles. The van der Waals surface area contributed by atoms with Crippen molar-refractivity contribution in [2.75, 3.05) is 10.0 Å². The van der Waals surface area contributed by atoms with Gasteiger partial charge in [0.25, 0.3) is 10.0 Å². The molecule has 3 rings (SSSR count). The van der Waals surface area contributed by atoms with Crippen LogP contribution in [-0.2, 0) is 21.2 Å². The number of para-hydroxylation sites is 1. The number of benzene rings is 1. The van der Waals surface area contributed by atoms with Crippen LogP contribution >= 0.6 is 11.3 Å². The molecule has 0 fully saturated rings. The van der Waals surface area contributed by atoms with Gasteiger partial charge in [-0.3, -0.25) is 9.52 Å². The van der Waals surface area contributed by atoms with E-state index < -0.39 is 10.0 Å². The van der Waals surface area contributed by atoms with Gasteiger partial charge in [0.05, 0.1) is 17.8 Å². The van der Waals surface area contributed by atoms with Crippen LogP contribution in [0.15, 0.2) is 34.5 Å². The molecular formula is C13H9N3O3S2. The number of carbonyl (C=O) groups is 1. The third-order valence-corrected chi connectivity index (χ3v) is 5.39. The van der Waals surface area contributed by atoms with Crippen LogP contribution in [0.5, 0.6) is 0 Å². The summed E-state index contributed by atoms with van der Waals surface area (Å²) in [7, 11) is -3.87. The molecule has 1 aliphatic rings. The molecule has 0 unspecified atom stereocenters. The average molecular weight is 319 g/mol. The molecule has 1 aromatic carbocycles. The molecule has 0 bridgehead atoms. The molecule has 21 heavy (non-hydrogen) atoms. The Kier molecular flexibility index (Phi) is 3.16. The fourth-order valence-electron chi connectivity index (χ4n) is 2.13. The summed E-state index contributed by atoms with van der Waals surface area (Å²) in [6.45, 7) is 0. The Morgan fingerprint density at radius 1 is 1.33 bits per heavy atom. The monoisotopic (exact) mass is 319 g/mol. The Labute approximate surface area is 125 Å². The van der Waals surface area contributed by atoms with Crippen LogP contribution in [-0.4, -0.2) is 14.3 Å². The summed E-state index contributed by atoms with van der Waals surface area (Å²) >= 11 is 1.06. The zero-order chi connectivity index (χ0) is 15.0. The largest absolute Gasteiger partial charge is 0.324 e. The van der Waals surface area contributed by atoms with Crippen molar-refractivity contribution < 1.29 is 13.2 Å². The van der Waals surface area contributed by atoms with Crippen molar-refractivity contribution in [1.82, 2.24) is 0 Å². The molecule has 0 aliphatic carbocycles. The van der Waals surface area contributed by atoms with Crippen molar-refractivity contribution in [1.29, 1.82) is 5.26 Å². The number of anilines is 2. The summed E-state index contributed by atoms with van der Waals surface area (Å²) in [6.07, 6.45) is 0.229. The van der Waals surface area contributed by atoms with Crippen LogP contribution in [0, 0.1) is 11.3 Å². The molecule has 106 valence electrons. The highest BCUT2D eigenvalue weighted by Crippen LogP contribution is 2.33. The summed E-state index contributed by atoms with van der Waals surface area (Å²) in [5.74, 6) is -0.176. The lowest BCUT2D eigenvalue weighted by molar-refractivity contribution is -0.115. The van der Waals surface area contributed by atoms with E-state index in [1.807, 2.05) is 6.07 Å². The molecule has 0 saturated carbocycles. The normalized spacial score (nSPS) is 13.4. The minimum Gasteiger partial charge on any atom is -0.324 e. The lowest BCUT2D eigenvalue weighted by atomic mass is 10.1. The van der Waals surface area contributed by atoms with Crippen molar-refractivity contribution >= 4 is 38.6 Å². The first-order valence-electron chi connectivity index (χ1n) is 5.93. The summed E-state index contributed by atoms with van der Waals surface area (Å²) in [5, 5.41) is 13.1. The first-order valence-corrected chi connectivity index (χ1v) is 8.30. The number of nitriles is 1. The number of rotatable bonds is 3. The quantitative estimate of drug-likeness (QED) is 0.902. The van der Waals surface area contributed by atoms with E-state index in [-0.39, 0.29) is 22.1 Å². The van der Waals surface area contributed by atoms with Crippen LogP contribution in [0.2, 0.25) is 0 Å². The Morgan fingerprint density at radius 3 is 2.90 bits per heavy atom. The zero-order valence-electron chi connectivity index (χ0n) is 10.6. The maximum Gasteiger partial charge on any atom is 0.264 e. The molecule has 2 N–H and O–H groups in total. The summed E-state index contributed by atoms with van der Waals surface area (Å²) < 4.78 is 27.1. The van der Waals surface area contributed by atoms with E-state index in [4.69, 9.17) is 5.26 Å². The number of nitrogens with zero attached hydrogens (tertiary/aromatic N) is 1. The topological polar surface area (TPSA) is 99.1 Å². The fourth-order valence-corrected chi connectivity index (χ4v) is 4.37. The molecular weight excluding hydrogens is 310 g/mol. The second-order valence-corrected chi connectivity index (χ2v) is 6.96. The molecule has 0 radical (unpaired) electrons. The fraction of sp³-hybridized carbons (Fsp3) is 0.0769. The minimum atomic E-state index is -3.87. The van der Waals surface area contributed by atoms with Gasteiger partial charge in [-0.15, -0.1) is 11.3 Å². The van der Waals surface area contributed by atoms with E-state index in [1.165, 1.54) is 6.07 Å². The zero-order valence-corrected chi connectivity index (χ0v) is 12.2. The molecule has 1 aromatic heterocycles. The summed E-state index contributed by atoms with van der Waals surface area (Å²) in [6, 6.07) is 8.25.